The Bertz CT molecular complexity index is 360. The Morgan fingerprint density at radius 2 is 2.00 bits per heavy atom. The van der Waals surface area contributed by atoms with Gasteiger partial charge >= 0.3 is 0 Å². The molecule has 1 unspecified atom stereocenters. The molecule has 0 aromatic rings. The van der Waals surface area contributed by atoms with Crippen LogP contribution in [-0.2, 0) is 14.8 Å². The molecule has 1 amide bonds. The second kappa shape index (κ2) is 3.75. The highest BCUT2D eigenvalue weighted by Crippen LogP contribution is 2.37. The van der Waals surface area contributed by atoms with Crippen molar-refractivity contribution < 1.29 is 18.3 Å². The molecule has 6 heteroatoms. The summed E-state index contributed by atoms with van der Waals surface area (Å²) in [4.78, 5) is 11.6. The molecular formula is C9H17NO4S. The zero-order chi connectivity index (χ0) is 11.9. The third-order valence-electron chi connectivity index (χ3n) is 2.80. The maximum atomic E-state index is 11.7. The van der Waals surface area contributed by atoms with E-state index in [1.165, 1.54) is 13.8 Å². The Hall–Kier alpha value is -0.620. The summed E-state index contributed by atoms with van der Waals surface area (Å²) in [7, 11) is -3.48. The van der Waals surface area contributed by atoms with E-state index in [1.807, 2.05) is 0 Å². The largest absolute Gasteiger partial charge is 0.396 e. The van der Waals surface area contributed by atoms with E-state index < -0.39 is 14.8 Å². The molecule has 1 fully saturated rings. The van der Waals surface area contributed by atoms with Crippen molar-refractivity contribution in [1.29, 1.82) is 0 Å². The quantitative estimate of drug-likeness (QED) is 0.750. The predicted molar refractivity (Wildman–Crippen MR) is 55.6 cm³/mol. The average Bonchev–Trinajstić information content (AvgIpc) is 2.14. The first-order valence-electron chi connectivity index (χ1n) is 4.96. The first-order chi connectivity index (χ1) is 6.76. The lowest BCUT2D eigenvalue weighted by Crippen LogP contribution is -2.69. The lowest BCUT2D eigenvalue weighted by Gasteiger charge is -2.46. The normalized spacial score (nSPS) is 24.8. The van der Waals surface area contributed by atoms with Gasteiger partial charge in [-0.1, -0.05) is 0 Å². The topological polar surface area (TPSA) is 74.7 Å². The van der Waals surface area contributed by atoms with Crippen molar-refractivity contribution in [2.75, 3.05) is 6.61 Å². The van der Waals surface area contributed by atoms with Gasteiger partial charge in [-0.2, -0.15) is 0 Å². The van der Waals surface area contributed by atoms with Crippen molar-refractivity contribution in [3.8, 4) is 0 Å². The van der Waals surface area contributed by atoms with Gasteiger partial charge in [0.25, 0.3) is 15.9 Å². The van der Waals surface area contributed by atoms with Gasteiger partial charge in [-0.15, -0.1) is 0 Å². The molecule has 0 bridgehead atoms. The highest BCUT2D eigenvalue weighted by Gasteiger charge is 2.61. The molecule has 1 heterocycles. The van der Waals surface area contributed by atoms with Crippen LogP contribution in [0, 0.1) is 0 Å². The monoisotopic (exact) mass is 235 g/mol. The lowest BCUT2D eigenvalue weighted by atomic mass is 10.1. The van der Waals surface area contributed by atoms with E-state index in [2.05, 4.69) is 0 Å². The SMILES string of the molecule is CC(CCCO)N1C(=O)C(C)(C)S1(=O)=O. The molecule has 0 aromatic heterocycles. The molecule has 1 atom stereocenters. The van der Waals surface area contributed by atoms with Gasteiger partial charge in [0.2, 0.25) is 0 Å². The van der Waals surface area contributed by atoms with Gasteiger partial charge in [0.15, 0.2) is 4.75 Å². The average molecular weight is 235 g/mol. The zero-order valence-electron chi connectivity index (χ0n) is 9.23. The van der Waals surface area contributed by atoms with Crippen molar-refractivity contribution in [1.82, 2.24) is 4.31 Å². The van der Waals surface area contributed by atoms with Crippen molar-refractivity contribution >= 4 is 15.9 Å². The van der Waals surface area contributed by atoms with E-state index in [0.717, 1.165) is 4.31 Å². The fourth-order valence-electron chi connectivity index (χ4n) is 1.63. The van der Waals surface area contributed by atoms with Crippen molar-refractivity contribution in [3.63, 3.8) is 0 Å². The number of carbonyl (C=O) groups is 1. The molecule has 0 aliphatic carbocycles. The number of sulfonamides is 1. The van der Waals surface area contributed by atoms with Crippen molar-refractivity contribution in [2.45, 2.75) is 44.4 Å². The first kappa shape index (κ1) is 12.4. The Balaban J connectivity index is 2.79. The van der Waals surface area contributed by atoms with Crippen LogP contribution in [0.3, 0.4) is 0 Å². The molecule has 1 aliphatic heterocycles. The van der Waals surface area contributed by atoms with Crippen LogP contribution >= 0.6 is 0 Å². The third kappa shape index (κ3) is 1.65. The maximum absolute atomic E-state index is 11.7. The number of carbonyl (C=O) groups excluding carboxylic acids is 1. The van der Waals surface area contributed by atoms with Gasteiger partial charge in [-0.25, -0.2) is 12.7 Å². The minimum atomic E-state index is -3.48. The highest BCUT2D eigenvalue weighted by molar-refractivity contribution is 7.94. The predicted octanol–water partition coefficient (Wildman–Crippen LogP) is 0.0980. The smallest absolute Gasteiger partial charge is 0.259 e. The van der Waals surface area contributed by atoms with E-state index in [9.17, 15) is 13.2 Å². The van der Waals surface area contributed by atoms with E-state index in [1.54, 1.807) is 6.92 Å². The molecule has 1 aliphatic rings. The van der Waals surface area contributed by atoms with Crippen LogP contribution < -0.4 is 0 Å². The Morgan fingerprint density at radius 1 is 1.47 bits per heavy atom. The molecule has 1 rings (SSSR count). The summed E-state index contributed by atoms with van der Waals surface area (Å²) in [5, 5.41) is 8.63. The van der Waals surface area contributed by atoms with E-state index in [-0.39, 0.29) is 18.6 Å². The van der Waals surface area contributed by atoms with E-state index in [4.69, 9.17) is 5.11 Å². The summed E-state index contributed by atoms with van der Waals surface area (Å²) in [5.74, 6) is -0.354. The van der Waals surface area contributed by atoms with Crippen LogP contribution in [-0.4, -0.2) is 41.1 Å². The summed E-state index contributed by atoms with van der Waals surface area (Å²) in [6.45, 7) is 4.52. The lowest BCUT2D eigenvalue weighted by molar-refractivity contribution is -0.133. The fourth-order valence-corrected chi connectivity index (χ4v) is 3.34. The van der Waals surface area contributed by atoms with Gasteiger partial charge in [0, 0.05) is 12.6 Å². The van der Waals surface area contributed by atoms with Crippen LogP contribution in [0.25, 0.3) is 0 Å². The summed E-state index contributed by atoms with van der Waals surface area (Å²) in [6.07, 6.45) is 0.998. The molecule has 5 nitrogen and oxygen atoms in total. The standard InChI is InChI=1S/C9H17NO4S/c1-7(5-4-6-11)10-8(12)9(2,3)15(10,13)14/h7,11H,4-6H2,1-3H3. The van der Waals surface area contributed by atoms with Gasteiger partial charge in [-0.05, 0) is 33.6 Å². The number of amides is 1. The van der Waals surface area contributed by atoms with Crippen LogP contribution in [0.15, 0.2) is 0 Å². The Labute approximate surface area is 90.1 Å². The van der Waals surface area contributed by atoms with Crippen LogP contribution in [0.2, 0.25) is 0 Å². The maximum Gasteiger partial charge on any atom is 0.259 e. The molecular weight excluding hydrogens is 218 g/mol. The number of rotatable bonds is 4. The number of aliphatic hydroxyl groups is 1. The van der Waals surface area contributed by atoms with E-state index >= 15 is 0 Å². The van der Waals surface area contributed by atoms with Crippen LogP contribution in [0.5, 0.6) is 0 Å². The Morgan fingerprint density at radius 3 is 2.40 bits per heavy atom. The molecule has 0 saturated carbocycles. The van der Waals surface area contributed by atoms with E-state index in [0.29, 0.717) is 12.8 Å². The van der Waals surface area contributed by atoms with Gasteiger partial charge < -0.3 is 5.11 Å². The molecule has 88 valence electrons. The van der Waals surface area contributed by atoms with Crippen molar-refractivity contribution in [3.05, 3.63) is 0 Å². The summed E-state index contributed by atoms with van der Waals surface area (Å²) >= 11 is 0. The molecule has 15 heavy (non-hydrogen) atoms. The third-order valence-corrected chi connectivity index (χ3v) is 5.31. The molecule has 0 radical (unpaired) electrons. The summed E-state index contributed by atoms with van der Waals surface area (Å²) in [6, 6.07) is -0.359. The summed E-state index contributed by atoms with van der Waals surface area (Å²) in [5.41, 5.74) is 0. The first-order valence-corrected chi connectivity index (χ1v) is 6.40. The van der Waals surface area contributed by atoms with Gasteiger partial charge in [0.1, 0.15) is 0 Å². The number of hydrogen-bond acceptors (Lipinski definition) is 4. The van der Waals surface area contributed by atoms with Gasteiger partial charge in [-0.3, -0.25) is 4.79 Å². The second-order valence-electron chi connectivity index (χ2n) is 4.33. The molecule has 0 aromatic carbocycles. The van der Waals surface area contributed by atoms with Crippen LogP contribution in [0.4, 0.5) is 0 Å². The minimum absolute atomic E-state index is 0.00973. The number of aliphatic hydroxyl groups excluding tert-OH is 1. The fraction of sp³-hybridized carbons (Fsp3) is 0.889. The second-order valence-corrected chi connectivity index (χ2v) is 6.70. The molecule has 1 N–H and O–H groups in total. The van der Waals surface area contributed by atoms with Gasteiger partial charge in [0.05, 0.1) is 0 Å². The minimum Gasteiger partial charge on any atom is -0.396 e. The zero-order valence-corrected chi connectivity index (χ0v) is 10.0. The number of hydrogen-bond donors (Lipinski definition) is 1. The Kier molecular flexibility index (Phi) is 3.11. The molecule has 1 saturated heterocycles. The van der Waals surface area contributed by atoms with Crippen molar-refractivity contribution in [2.24, 2.45) is 0 Å². The highest BCUT2D eigenvalue weighted by atomic mass is 32.2. The molecule has 0 spiro atoms. The number of nitrogens with zero attached hydrogens (tertiary/aromatic N) is 1. The van der Waals surface area contributed by atoms with Crippen LogP contribution in [0.1, 0.15) is 33.6 Å². The summed E-state index contributed by atoms with van der Waals surface area (Å²) < 4.78 is 23.1.